The quantitative estimate of drug-likeness (QED) is 0.842. The summed E-state index contributed by atoms with van der Waals surface area (Å²) in [5.41, 5.74) is 1.02. The van der Waals surface area contributed by atoms with Crippen LogP contribution in [-0.2, 0) is 5.41 Å². The minimum atomic E-state index is -0.376. The van der Waals surface area contributed by atoms with Gasteiger partial charge in [-0.15, -0.1) is 0 Å². The molecule has 3 heterocycles. The van der Waals surface area contributed by atoms with Gasteiger partial charge >= 0.3 is 0 Å². The summed E-state index contributed by atoms with van der Waals surface area (Å²) in [6, 6.07) is 2.06. The Morgan fingerprint density at radius 3 is 2.33 bits per heavy atom. The van der Waals surface area contributed by atoms with E-state index in [-0.39, 0.29) is 11.2 Å². The summed E-state index contributed by atoms with van der Waals surface area (Å²) >= 11 is 0. The summed E-state index contributed by atoms with van der Waals surface area (Å²) in [4.78, 5) is 21.1. The summed E-state index contributed by atoms with van der Waals surface area (Å²) in [7, 11) is 0. The predicted octanol–water partition coefficient (Wildman–Crippen LogP) is 2.34. The van der Waals surface area contributed by atoms with Crippen molar-refractivity contribution in [2.75, 3.05) is 36.0 Å². The van der Waals surface area contributed by atoms with Gasteiger partial charge in [0.25, 0.3) is 0 Å². The van der Waals surface area contributed by atoms with Crippen LogP contribution in [0.2, 0.25) is 0 Å². The lowest BCUT2D eigenvalue weighted by Crippen LogP contribution is -2.47. The minimum Gasteiger partial charge on any atom is -0.353 e. The van der Waals surface area contributed by atoms with Crippen LogP contribution in [-0.4, -0.2) is 46.1 Å². The zero-order valence-corrected chi connectivity index (χ0v) is 14.6. The molecule has 0 saturated carbocycles. The Morgan fingerprint density at radius 2 is 1.71 bits per heavy atom. The van der Waals surface area contributed by atoms with Crippen molar-refractivity contribution in [3.63, 3.8) is 0 Å². The molecule has 1 aliphatic rings. The minimum absolute atomic E-state index is 0.0195. The van der Waals surface area contributed by atoms with Gasteiger partial charge in [0.15, 0.2) is 11.6 Å². The number of anilines is 2. The zero-order chi connectivity index (χ0) is 17.3. The van der Waals surface area contributed by atoms with Crippen molar-refractivity contribution in [1.29, 1.82) is 0 Å². The van der Waals surface area contributed by atoms with E-state index in [1.807, 2.05) is 11.8 Å². The molecule has 0 atom stereocenters. The van der Waals surface area contributed by atoms with E-state index in [9.17, 15) is 4.39 Å². The number of rotatable bonds is 2. The highest BCUT2D eigenvalue weighted by Crippen LogP contribution is 2.25. The van der Waals surface area contributed by atoms with E-state index >= 15 is 0 Å². The fraction of sp³-hybridized carbons (Fsp3) is 0.529. The average molecular weight is 330 g/mol. The Labute approximate surface area is 141 Å². The lowest BCUT2D eigenvalue weighted by atomic mass is 9.92. The first-order chi connectivity index (χ1) is 11.3. The van der Waals surface area contributed by atoms with Crippen molar-refractivity contribution in [3.8, 4) is 0 Å². The SMILES string of the molecule is Cc1nc(N2CCN(c3ncncc3F)CC2)cc(C(C)(C)C)n1. The second-order valence-corrected chi connectivity index (χ2v) is 7.08. The third kappa shape index (κ3) is 3.44. The van der Waals surface area contributed by atoms with Crippen LogP contribution in [0.25, 0.3) is 0 Å². The number of nitrogens with zero attached hydrogens (tertiary/aromatic N) is 6. The molecule has 0 unspecified atom stereocenters. The highest BCUT2D eigenvalue weighted by atomic mass is 19.1. The monoisotopic (exact) mass is 330 g/mol. The van der Waals surface area contributed by atoms with Gasteiger partial charge in [-0.05, 0) is 6.92 Å². The van der Waals surface area contributed by atoms with Gasteiger partial charge in [-0.1, -0.05) is 20.8 Å². The van der Waals surface area contributed by atoms with Gasteiger partial charge in [-0.25, -0.2) is 24.3 Å². The Balaban J connectivity index is 1.76. The molecule has 0 aliphatic carbocycles. The second kappa shape index (κ2) is 6.30. The van der Waals surface area contributed by atoms with Crippen molar-refractivity contribution in [1.82, 2.24) is 19.9 Å². The van der Waals surface area contributed by atoms with Gasteiger partial charge in [0, 0.05) is 37.7 Å². The number of aromatic nitrogens is 4. The molecule has 1 aliphatic heterocycles. The maximum atomic E-state index is 13.8. The first kappa shape index (κ1) is 16.5. The molecular weight excluding hydrogens is 307 g/mol. The Morgan fingerprint density at radius 1 is 1.04 bits per heavy atom. The van der Waals surface area contributed by atoms with Crippen LogP contribution in [0.3, 0.4) is 0 Å². The molecule has 6 nitrogen and oxygen atoms in total. The molecule has 0 amide bonds. The lowest BCUT2D eigenvalue weighted by Gasteiger charge is -2.36. The molecule has 0 N–H and O–H groups in total. The number of hydrogen-bond acceptors (Lipinski definition) is 6. The van der Waals surface area contributed by atoms with Crippen molar-refractivity contribution in [3.05, 3.63) is 35.9 Å². The molecule has 3 rings (SSSR count). The Hall–Kier alpha value is -2.31. The van der Waals surface area contributed by atoms with Gasteiger partial charge < -0.3 is 9.80 Å². The maximum Gasteiger partial charge on any atom is 0.183 e. The molecule has 0 bridgehead atoms. The van der Waals surface area contributed by atoms with Crippen molar-refractivity contribution in [2.24, 2.45) is 0 Å². The molecule has 2 aromatic heterocycles. The highest BCUT2D eigenvalue weighted by molar-refractivity contribution is 5.46. The van der Waals surface area contributed by atoms with E-state index in [0.29, 0.717) is 18.9 Å². The second-order valence-electron chi connectivity index (χ2n) is 7.08. The molecule has 24 heavy (non-hydrogen) atoms. The fourth-order valence-electron chi connectivity index (χ4n) is 2.78. The first-order valence-corrected chi connectivity index (χ1v) is 8.16. The molecule has 1 saturated heterocycles. The number of aryl methyl sites for hydroxylation is 1. The molecule has 0 aromatic carbocycles. The summed E-state index contributed by atoms with van der Waals surface area (Å²) in [5, 5.41) is 0. The predicted molar refractivity (Wildman–Crippen MR) is 91.9 cm³/mol. The summed E-state index contributed by atoms with van der Waals surface area (Å²) in [6.07, 6.45) is 2.59. The standard InChI is InChI=1S/C17H23FN6/c1-12-21-14(17(2,3)4)9-15(22-12)23-5-7-24(8-6-23)16-13(18)10-19-11-20-16/h9-11H,5-8H2,1-4H3. The largest absolute Gasteiger partial charge is 0.353 e. The van der Waals surface area contributed by atoms with Crippen LogP contribution < -0.4 is 9.80 Å². The third-order valence-corrected chi connectivity index (χ3v) is 4.14. The number of hydrogen-bond donors (Lipinski definition) is 0. The molecule has 0 spiro atoms. The molecule has 7 heteroatoms. The maximum absolute atomic E-state index is 13.8. The van der Waals surface area contributed by atoms with E-state index < -0.39 is 0 Å². The fourth-order valence-corrected chi connectivity index (χ4v) is 2.78. The van der Waals surface area contributed by atoms with Crippen molar-refractivity contribution in [2.45, 2.75) is 33.1 Å². The van der Waals surface area contributed by atoms with E-state index in [2.05, 4.69) is 51.7 Å². The molecule has 0 radical (unpaired) electrons. The summed E-state index contributed by atoms with van der Waals surface area (Å²) in [5.74, 6) is 1.72. The Kier molecular flexibility index (Phi) is 4.34. The van der Waals surface area contributed by atoms with Gasteiger partial charge in [-0.3, -0.25) is 0 Å². The van der Waals surface area contributed by atoms with E-state index in [0.717, 1.165) is 30.4 Å². The van der Waals surface area contributed by atoms with Crippen LogP contribution in [0.4, 0.5) is 16.0 Å². The lowest BCUT2D eigenvalue weighted by molar-refractivity contribution is 0.559. The van der Waals surface area contributed by atoms with Crippen LogP contribution in [0, 0.1) is 12.7 Å². The van der Waals surface area contributed by atoms with Crippen LogP contribution >= 0.6 is 0 Å². The number of halogens is 1. The number of piperazine rings is 1. The summed E-state index contributed by atoms with van der Waals surface area (Å²) in [6.45, 7) is 11.3. The summed E-state index contributed by atoms with van der Waals surface area (Å²) < 4.78 is 13.8. The molecule has 128 valence electrons. The van der Waals surface area contributed by atoms with Gasteiger partial charge in [0.05, 0.1) is 11.9 Å². The third-order valence-electron chi connectivity index (χ3n) is 4.14. The van der Waals surface area contributed by atoms with Crippen LogP contribution in [0.5, 0.6) is 0 Å². The van der Waals surface area contributed by atoms with Gasteiger partial charge in [0.1, 0.15) is 18.0 Å². The smallest absolute Gasteiger partial charge is 0.183 e. The first-order valence-electron chi connectivity index (χ1n) is 8.16. The van der Waals surface area contributed by atoms with Crippen LogP contribution in [0.1, 0.15) is 32.3 Å². The molecular formula is C17H23FN6. The molecule has 1 fully saturated rings. The van der Waals surface area contributed by atoms with E-state index in [1.165, 1.54) is 12.5 Å². The normalized spacial score (nSPS) is 15.7. The average Bonchev–Trinajstić information content (AvgIpc) is 2.54. The highest BCUT2D eigenvalue weighted by Gasteiger charge is 2.23. The van der Waals surface area contributed by atoms with Crippen molar-refractivity contribution >= 4 is 11.6 Å². The van der Waals surface area contributed by atoms with Crippen LogP contribution in [0.15, 0.2) is 18.6 Å². The van der Waals surface area contributed by atoms with E-state index in [1.54, 1.807) is 0 Å². The van der Waals surface area contributed by atoms with Gasteiger partial charge in [0.2, 0.25) is 0 Å². The Bertz CT molecular complexity index is 719. The van der Waals surface area contributed by atoms with Gasteiger partial charge in [-0.2, -0.15) is 0 Å². The van der Waals surface area contributed by atoms with E-state index in [4.69, 9.17) is 0 Å². The molecule has 2 aromatic rings. The topological polar surface area (TPSA) is 58.0 Å². The van der Waals surface area contributed by atoms with Crippen molar-refractivity contribution < 1.29 is 4.39 Å². The zero-order valence-electron chi connectivity index (χ0n) is 14.6.